The predicted molar refractivity (Wildman–Crippen MR) is 126 cm³/mol. The smallest absolute Gasteiger partial charge is 0.350 e. The van der Waals surface area contributed by atoms with Crippen LogP contribution in [0.25, 0.3) is 16.9 Å². The number of hydrogen-bond acceptors (Lipinski definition) is 5. The van der Waals surface area contributed by atoms with E-state index in [-0.39, 0.29) is 39.9 Å². The molecule has 3 heterocycles. The third-order valence-electron chi connectivity index (χ3n) is 5.31. The maximum absolute atomic E-state index is 13.8. The lowest BCUT2D eigenvalue weighted by molar-refractivity contribution is -0.142. The number of nitrogens with one attached hydrogen (secondary N) is 2. The average molecular weight is 517 g/mol. The van der Waals surface area contributed by atoms with Crippen molar-refractivity contribution in [3.63, 3.8) is 0 Å². The van der Waals surface area contributed by atoms with Crippen molar-refractivity contribution in [3.8, 4) is 11.3 Å². The van der Waals surface area contributed by atoms with E-state index in [4.69, 9.17) is 0 Å². The Labute approximate surface area is 208 Å². The second kappa shape index (κ2) is 9.99. The number of carbonyl (C=O) groups excluding carboxylic acids is 2. The molecule has 0 atom stereocenters. The van der Waals surface area contributed by atoms with Gasteiger partial charge in [0.2, 0.25) is 0 Å². The van der Waals surface area contributed by atoms with Crippen LogP contribution in [0.4, 0.5) is 23.2 Å². The summed E-state index contributed by atoms with van der Waals surface area (Å²) in [5.74, 6) is -1.72. The molecule has 0 fully saturated rings. The van der Waals surface area contributed by atoms with Gasteiger partial charge in [-0.1, -0.05) is 13.8 Å². The summed E-state index contributed by atoms with van der Waals surface area (Å²) in [7, 11) is 0. The van der Waals surface area contributed by atoms with E-state index in [9.17, 15) is 27.2 Å². The Kier molecular flexibility index (Phi) is 6.96. The second-order valence-corrected chi connectivity index (χ2v) is 8.64. The SMILES string of the molecule is CCn1cc(NC(=O)c2cc3nc(-c4ccc(F)cc4)cc(C(F)(F)F)n3n2)c(C(=O)NCC(C)C)n1. The highest BCUT2D eigenvalue weighted by atomic mass is 19.4. The van der Waals surface area contributed by atoms with Gasteiger partial charge in [-0.05, 0) is 43.2 Å². The molecule has 0 saturated heterocycles. The van der Waals surface area contributed by atoms with Gasteiger partial charge in [0.05, 0.1) is 11.4 Å². The maximum Gasteiger partial charge on any atom is 0.433 e. The Morgan fingerprint density at radius 3 is 2.38 bits per heavy atom. The molecule has 9 nitrogen and oxygen atoms in total. The molecule has 0 saturated carbocycles. The van der Waals surface area contributed by atoms with Gasteiger partial charge >= 0.3 is 6.18 Å². The summed E-state index contributed by atoms with van der Waals surface area (Å²) in [6.45, 7) is 6.43. The molecular formula is C24H23F4N7O2. The highest BCUT2D eigenvalue weighted by Crippen LogP contribution is 2.32. The van der Waals surface area contributed by atoms with Crippen molar-refractivity contribution in [1.29, 1.82) is 0 Å². The number of amides is 2. The van der Waals surface area contributed by atoms with Crippen LogP contribution >= 0.6 is 0 Å². The fourth-order valence-corrected chi connectivity index (χ4v) is 3.47. The van der Waals surface area contributed by atoms with E-state index >= 15 is 0 Å². The molecule has 194 valence electrons. The highest BCUT2D eigenvalue weighted by Gasteiger charge is 2.36. The summed E-state index contributed by atoms with van der Waals surface area (Å²) < 4.78 is 56.8. The van der Waals surface area contributed by atoms with Gasteiger partial charge in [0.15, 0.2) is 22.7 Å². The van der Waals surface area contributed by atoms with Crippen LogP contribution in [0.5, 0.6) is 0 Å². The van der Waals surface area contributed by atoms with Crippen LogP contribution in [0.2, 0.25) is 0 Å². The number of rotatable bonds is 7. The van der Waals surface area contributed by atoms with Gasteiger partial charge in [0, 0.05) is 30.9 Å². The van der Waals surface area contributed by atoms with Crippen molar-refractivity contribution >= 4 is 23.1 Å². The van der Waals surface area contributed by atoms with Crippen LogP contribution in [0.15, 0.2) is 42.6 Å². The summed E-state index contributed by atoms with van der Waals surface area (Å²) in [6, 6.07) is 6.69. The lowest BCUT2D eigenvalue weighted by atomic mass is 10.1. The minimum atomic E-state index is -4.82. The van der Waals surface area contributed by atoms with Gasteiger partial charge in [-0.15, -0.1) is 0 Å². The number of aromatic nitrogens is 5. The normalized spacial score (nSPS) is 11.8. The van der Waals surface area contributed by atoms with Gasteiger partial charge in [-0.3, -0.25) is 14.3 Å². The number of hydrogen-bond donors (Lipinski definition) is 2. The Bertz CT molecular complexity index is 1460. The second-order valence-electron chi connectivity index (χ2n) is 8.64. The van der Waals surface area contributed by atoms with Gasteiger partial charge in [0.25, 0.3) is 11.8 Å². The van der Waals surface area contributed by atoms with E-state index in [1.165, 1.54) is 23.0 Å². The van der Waals surface area contributed by atoms with Gasteiger partial charge in [-0.2, -0.15) is 23.4 Å². The van der Waals surface area contributed by atoms with E-state index in [0.717, 1.165) is 24.3 Å². The summed E-state index contributed by atoms with van der Waals surface area (Å²) >= 11 is 0. The first-order valence-electron chi connectivity index (χ1n) is 11.4. The van der Waals surface area contributed by atoms with Crippen molar-refractivity contribution in [2.45, 2.75) is 33.5 Å². The molecule has 2 N–H and O–H groups in total. The van der Waals surface area contributed by atoms with E-state index in [2.05, 4.69) is 25.8 Å². The zero-order valence-electron chi connectivity index (χ0n) is 20.1. The minimum absolute atomic E-state index is 0.0349. The zero-order chi connectivity index (χ0) is 26.9. The number of alkyl halides is 3. The molecule has 0 aliphatic carbocycles. The van der Waals surface area contributed by atoms with Crippen LogP contribution < -0.4 is 10.6 Å². The van der Waals surface area contributed by atoms with Crippen molar-refractivity contribution in [2.75, 3.05) is 11.9 Å². The monoisotopic (exact) mass is 517 g/mol. The fourth-order valence-electron chi connectivity index (χ4n) is 3.47. The van der Waals surface area contributed by atoms with Crippen molar-refractivity contribution in [2.24, 2.45) is 5.92 Å². The number of halogens is 4. The number of fused-ring (bicyclic) bond motifs is 1. The van der Waals surface area contributed by atoms with Crippen LogP contribution in [0, 0.1) is 11.7 Å². The predicted octanol–water partition coefficient (Wildman–Crippen LogP) is 4.41. The van der Waals surface area contributed by atoms with E-state index in [1.54, 1.807) is 6.92 Å². The molecule has 4 aromatic rings. The number of carbonyl (C=O) groups is 2. The zero-order valence-corrected chi connectivity index (χ0v) is 20.1. The molecule has 2 amide bonds. The third-order valence-corrected chi connectivity index (χ3v) is 5.31. The van der Waals surface area contributed by atoms with Crippen molar-refractivity contribution in [1.82, 2.24) is 29.7 Å². The molecular weight excluding hydrogens is 494 g/mol. The summed E-state index contributed by atoms with van der Waals surface area (Å²) in [4.78, 5) is 29.7. The first kappa shape index (κ1) is 25.8. The summed E-state index contributed by atoms with van der Waals surface area (Å²) in [6.07, 6.45) is -3.37. The first-order chi connectivity index (χ1) is 17.5. The molecule has 37 heavy (non-hydrogen) atoms. The summed E-state index contributed by atoms with van der Waals surface area (Å²) in [5.41, 5.74) is -1.52. The molecule has 0 unspecified atom stereocenters. The number of nitrogens with zero attached hydrogens (tertiary/aromatic N) is 5. The quantitative estimate of drug-likeness (QED) is 0.354. The van der Waals surface area contributed by atoms with E-state index in [1.807, 2.05) is 13.8 Å². The average Bonchev–Trinajstić information content (AvgIpc) is 3.45. The lowest BCUT2D eigenvalue weighted by Crippen LogP contribution is -2.28. The van der Waals surface area contributed by atoms with Gasteiger partial charge in [0.1, 0.15) is 5.82 Å². The molecule has 13 heteroatoms. The van der Waals surface area contributed by atoms with Gasteiger partial charge < -0.3 is 10.6 Å². The Balaban J connectivity index is 1.70. The number of benzene rings is 1. The van der Waals surface area contributed by atoms with Crippen LogP contribution in [0.3, 0.4) is 0 Å². The van der Waals surface area contributed by atoms with Crippen LogP contribution in [0.1, 0.15) is 47.4 Å². The molecule has 0 radical (unpaired) electrons. The van der Waals surface area contributed by atoms with E-state index in [0.29, 0.717) is 17.6 Å². The summed E-state index contributed by atoms with van der Waals surface area (Å²) in [5, 5.41) is 13.2. The molecule has 0 aliphatic heterocycles. The number of anilines is 1. The molecule has 4 rings (SSSR count). The van der Waals surface area contributed by atoms with Crippen LogP contribution in [-0.4, -0.2) is 42.7 Å². The molecule has 3 aromatic heterocycles. The number of aryl methyl sites for hydroxylation is 1. The Morgan fingerprint density at radius 1 is 1.05 bits per heavy atom. The fraction of sp³-hybridized carbons (Fsp3) is 0.292. The lowest BCUT2D eigenvalue weighted by Gasteiger charge is -2.11. The Morgan fingerprint density at radius 2 is 1.76 bits per heavy atom. The maximum atomic E-state index is 13.8. The van der Waals surface area contributed by atoms with E-state index < -0.39 is 29.5 Å². The van der Waals surface area contributed by atoms with Crippen molar-refractivity contribution < 1.29 is 27.2 Å². The Hall–Kier alpha value is -4.29. The molecule has 0 bridgehead atoms. The third kappa shape index (κ3) is 5.60. The highest BCUT2D eigenvalue weighted by molar-refractivity contribution is 6.07. The molecule has 0 spiro atoms. The standard InChI is InChI=1S/C24H23F4N7O2/c1-4-34-12-18(21(33-34)23(37)29-11-13(2)3)31-22(36)17-10-20-30-16(14-5-7-15(25)8-6-14)9-19(24(26,27)28)35(20)32-17/h5-10,12-13H,4,11H2,1-3H3,(H,29,37)(H,31,36). The molecule has 0 aliphatic rings. The van der Waals surface area contributed by atoms with Crippen LogP contribution in [-0.2, 0) is 12.7 Å². The van der Waals surface area contributed by atoms with Gasteiger partial charge in [-0.25, -0.2) is 13.9 Å². The molecule has 1 aromatic carbocycles. The minimum Gasteiger partial charge on any atom is -0.350 e. The largest absolute Gasteiger partial charge is 0.433 e. The topological polar surface area (TPSA) is 106 Å². The first-order valence-corrected chi connectivity index (χ1v) is 11.4. The van der Waals surface area contributed by atoms with Crippen molar-refractivity contribution in [3.05, 3.63) is 65.5 Å².